The lowest BCUT2D eigenvalue weighted by Gasteiger charge is -2.37. The highest BCUT2D eigenvalue weighted by Gasteiger charge is 2.32. The predicted molar refractivity (Wildman–Crippen MR) is 202 cm³/mol. The van der Waals surface area contributed by atoms with Crippen molar-refractivity contribution in [2.45, 2.75) is 92.4 Å². The van der Waals surface area contributed by atoms with Crippen LogP contribution in [0, 0.1) is 24.7 Å². The van der Waals surface area contributed by atoms with Crippen LogP contribution in [0.5, 0.6) is 0 Å². The van der Waals surface area contributed by atoms with Gasteiger partial charge in [-0.3, -0.25) is 9.59 Å². The smallest absolute Gasteiger partial charge is 0.167 e. The minimum atomic E-state index is 0.103. The Hall–Kier alpha value is -3.56. The normalized spacial score (nSPS) is 18.2. The van der Waals surface area contributed by atoms with Crippen LogP contribution in [0.15, 0.2) is 73.8 Å². The Morgan fingerprint density at radius 1 is 0.787 bits per heavy atom. The molecule has 0 aromatic heterocycles. The fraction of sp³-hybridized carbons (Fsp3) is 0.455. The Morgan fingerprint density at radius 3 is 2.00 bits per heavy atom. The average Bonchev–Trinajstić information content (AvgIpc) is 3.11. The van der Waals surface area contributed by atoms with E-state index in [1.165, 1.54) is 50.8 Å². The number of nitrogens with zero attached hydrogens (tertiary/aromatic N) is 1. The molecule has 1 heterocycles. The third-order valence-electron chi connectivity index (χ3n) is 9.86. The van der Waals surface area contributed by atoms with Crippen molar-refractivity contribution in [2.24, 2.45) is 17.8 Å². The van der Waals surface area contributed by atoms with Crippen molar-refractivity contribution in [3.63, 3.8) is 0 Å². The summed E-state index contributed by atoms with van der Waals surface area (Å²) in [5.74, 6) is 2.19. The number of aryl methyl sites for hydroxylation is 1. The van der Waals surface area contributed by atoms with Crippen LogP contribution in [0.2, 0.25) is 0 Å². The molecule has 1 saturated heterocycles. The summed E-state index contributed by atoms with van der Waals surface area (Å²) in [5, 5.41) is 0. The van der Waals surface area contributed by atoms with E-state index in [4.69, 9.17) is 0 Å². The van der Waals surface area contributed by atoms with Crippen molar-refractivity contribution in [1.29, 1.82) is 0 Å². The molecule has 3 aromatic carbocycles. The number of benzene rings is 3. The van der Waals surface area contributed by atoms with Gasteiger partial charge in [0.15, 0.2) is 11.6 Å². The zero-order valence-corrected chi connectivity index (χ0v) is 30.1. The molecule has 0 N–H and O–H groups in total. The van der Waals surface area contributed by atoms with Crippen molar-refractivity contribution >= 4 is 23.7 Å². The molecule has 252 valence electrons. The number of carbonyl (C=O) groups is 2. The molecule has 1 saturated carbocycles. The first kappa shape index (κ1) is 37.9. The van der Waals surface area contributed by atoms with Crippen LogP contribution in [0.25, 0.3) is 12.2 Å². The summed E-state index contributed by atoms with van der Waals surface area (Å²) in [6, 6.07) is 20.2. The molecule has 0 spiro atoms. The van der Waals surface area contributed by atoms with Crippen LogP contribution in [0.1, 0.15) is 127 Å². The van der Waals surface area contributed by atoms with E-state index in [0.29, 0.717) is 17.8 Å². The van der Waals surface area contributed by atoms with E-state index in [0.717, 1.165) is 64.5 Å². The van der Waals surface area contributed by atoms with Crippen LogP contribution in [-0.2, 0) is 12.8 Å². The number of likely N-dealkylation sites (tertiary alicyclic amines) is 1. The minimum absolute atomic E-state index is 0.103. The summed E-state index contributed by atoms with van der Waals surface area (Å²) in [6.45, 7) is 20.7. The average molecular weight is 634 g/mol. The Kier molecular flexibility index (Phi) is 15.6. The SMILES string of the molecule is C=Cc1cc(C(=O)C2CCC(C3CCN(C)CC3)CC2)ccc1Cc1ccc(CC(=O)c2ccccc2C=C)c(C)c1.CC.CCC. The van der Waals surface area contributed by atoms with Gasteiger partial charge in [0.05, 0.1) is 0 Å². The van der Waals surface area contributed by atoms with Crippen molar-refractivity contribution < 1.29 is 9.59 Å². The second-order valence-electron chi connectivity index (χ2n) is 13.3. The molecule has 0 bridgehead atoms. The maximum absolute atomic E-state index is 13.5. The van der Waals surface area contributed by atoms with E-state index in [9.17, 15) is 9.59 Å². The molecular formula is C44H59NO2. The van der Waals surface area contributed by atoms with Gasteiger partial charge < -0.3 is 4.90 Å². The lowest BCUT2D eigenvalue weighted by molar-refractivity contribution is 0.0819. The Bertz CT molecular complexity index is 1470. The molecule has 2 aliphatic rings. The number of Topliss-reactive ketones (excluding diaryl/α,β-unsaturated/α-hetero) is 2. The highest BCUT2D eigenvalue weighted by molar-refractivity contribution is 6.00. The Morgan fingerprint density at radius 2 is 1.38 bits per heavy atom. The van der Waals surface area contributed by atoms with Crippen LogP contribution in [0.4, 0.5) is 0 Å². The molecule has 5 rings (SSSR count). The molecule has 0 atom stereocenters. The molecule has 1 aliphatic carbocycles. The minimum Gasteiger partial charge on any atom is -0.306 e. The lowest BCUT2D eigenvalue weighted by atomic mass is 9.71. The van der Waals surface area contributed by atoms with E-state index in [1.54, 1.807) is 6.08 Å². The van der Waals surface area contributed by atoms with Crippen LogP contribution >= 0.6 is 0 Å². The fourth-order valence-corrected chi connectivity index (χ4v) is 7.17. The first-order valence-corrected chi connectivity index (χ1v) is 18.1. The van der Waals surface area contributed by atoms with Crippen molar-refractivity contribution in [3.05, 3.63) is 118 Å². The zero-order chi connectivity index (χ0) is 34.3. The van der Waals surface area contributed by atoms with Gasteiger partial charge in [0.1, 0.15) is 0 Å². The second kappa shape index (κ2) is 19.3. The summed E-state index contributed by atoms with van der Waals surface area (Å²) < 4.78 is 0. The third kappa shape index (κ3) is 10.5. The number of piperidine rings is 1. The van der Waals surface area contributed by atoms with Gasteiger partial charge in [-0.1, -0.05) is 114 Å². The summed E-state index contributed by atoms with van der Waals surface area (Å²) in [7, 11) is 2.22. The number of hydrogen-bond acceptors (Lipinski definition) is 3. The molecule has 0 unspecified atom stereocenters. The molecule has 3 nitrogen and oxygen atoms in total. The number of rotatable bonds is 10. The number of ketones is 2. The number of hydrogen-bond donors (Lipinski definition) is 0. The predicted octanol–water partition coefficient (Wildman–Crippen LogP) is 11.1. The lowest BCUT2D eigenvalue weighted by Crippen LogP contribution is -2.35. The van der Waals surface area contributed by atoms with Crippen LogP contribution in [-0.4, -0.2) is 36.6 Å². The van der Waals surface area contributed by atoms with Crippen LogP contribution < -0.4 is 0 Å². The van der Waals surface area contributed by atoms with Crippen molar-refractivity contribution in [1.82, 2.24) is 4.90 Å². The van der Waals surface area contributed by atoms with Gasteiger partial charge in [-0.25, -0.2) is 0 Å². The third-order valence-corrected chi connectivity index (χ3v) is 9.86. The highest BCUT2D eigenvalue weighted by Crippen LogP contribution is 2.39. The summed E-state index contributed by atoms with van der Waals surface area (Å²) in [5.41, 5.74) is 7.93. The van der Waals surface area contributed by atoms with E-state index >= 15 is 0 Å². The topological polar surface area (TPSA) is 37.4 Å². The summed E-state index contributed by atoms with van der Waals surface area (Å²) in [6.07, 6.45) is 13.0. The summed E-state index contributed by atoms with van der Waals surface area (Å²) >= 11 is 0. The Labute approximate surface area is 286 Å². The van der Waals surface area contributed by atoms with Gasteiger partial charge in [0, 0.05) is 23.5 Å². The standard InChI is InChI=1S/C39H45NO2.C3H8.C2H6/c1-5-29-9-7-8-10-37(29)38(41)26-34-12-11-28(23-27(34)3)24-35-17-18-36(25-30(35)6-2)39(42)33-15-13-31(14-16-33)32-19-21-40(4)22-20-32;1-3-2;1-2/h5-12,17-18,23,25,31-33H,1-2,13-16,19-22,24,26H2,3-4H3;3H2,1-2H3;1-2H3. The maximum atomic E-state index is 13.5. The first-order chi connectivity index (χ1) is 22.8. The quantitative estimate of drug-likeness (QED) is 0.208. The highest BCUT2D eigenvalue weighted by atomic mass is 16.1. The van der Waals surface area contributed by atoms with E-state index in [1.807, 2.05) is 56.3 Å². The number of carbonyl (C=O) groups excluding carboxylic acids is 2. The molecule has 2 fully saturated rings. The molecule has 0 radical (unpaired) electrons. The molecule has 47 heavy (non-hydrogen) atoms. The largest absolute Gasteiger partial charge is 0.306 e. The Balaban J connectivity index is 0.00000114. The molecule has 1 aliphatic heterocycles. The monoisotopic (exact) mass is 633 g/mol. The van der Waals surface area contributed by atoms with Gasteiger partial charge in [-0.15, -0.1) is 0 Å². The molecule has 3 heteroatoms. The van der Waals surface area contributed by atoms with E-state index < -0.39 is 0 Å². The molecular weight excluding hydrogens is 574 g/mol. The maximum Gasteiger partial charge on any atom is 0.167 e. The second-order valence-corrected chi connectivity index (χ2v) is 13.3. The first-order valence-electron chi connectivity index (χ1n) is 18.1. The zero-order valence-electron chi connectivity index (χ0n) is 30.1. The molecule has 3 aromatic rings. The molecule has 0 amide bonds. The van der Waals surface area contributed by atoms with Crippen LogP contribution in [0.3, 0.4) is 0 Å². The summed E-state index contributed by atoms with van der Waals surface area (Å²) in [4.78, 5) is 29.0. The van der Waals surface area contributed by atoms with E-state index in [-0.39, 0.29) is 11.7 Å². The van der Waals surface area contributed by atoms with Gasteiger partial charge in [-0.2, -0.15) is 0 Å². The van der Waals surface area contributed by atoms with E-state index in [2.05, 4.69) is 70.1 Å². The van der Waals surface area contributed by atoms with Crippen molar-refractivity contribution in [3.8, 4) is 0 Å². The van der Waals surface area contributed by atoms with Crippen molar-refractivity contribution in [2.75, 3.05) is 20.1 Å². The van der Waals surface area contributed by atoms with Gasteiger partial charge in [-0.05, 0) is 123 Å². The van der Waals surface area contributed by atoms with Gasteiger partial charge in [0.25, 0.3) is 0 Å². The fourth-order valence-electron chi connectivity index (χ4n) is 7.17. The van der Waals surface area contributed by atoms with Gasteiger partial charge >= 0.3 is 0 Å². The van der Waals surface area contributed by atoms with Gasteiger partial charge in [0.2, 0.25) is 0 Å².